The van der Waals surface area contributed by atoms with Crippen LogP contribution in [0, 0.1) is 0 Å². The lowest BCUT2D eigenvalue weighted by Gasteiger charge is -2.32. The minimum absolute atomic E-state index is 0.280. The number of hydrogen-bond donors (Lipinski definition) is 2. The maximum absolute atomic E-state index is 13.5. The van der Waals surface area contributed by atoms with Crippen LogP contribution in [0.4, 0.5) is 30.7 Å². The van der Waals surface area contributed by atoms with E-state index in [-0.39, 0.29) is 6.08 Å². The highest BCUT2D eigenvalue weighted by Crippen LogP contribution is 2.42. The van der Waals surface area contributed by atoms with Gasteiger partial charge in [-0.3, -0.25) is 9.35 Å². The van der Waals surface area contributed by atoms with Gasteiger partial charge in [0.25, 0.3) is 0 Å². The Labute approximate surface area is 171 Å². The van der Waals surface area contributed by atoms with Crippen molar-refractivity contribution in [2.24, 2.45) is 0 Å². The standard InChI is InChI=1S/C15H18F7NO7S/c1-3-8-23-11(25)13(14(18,19)20,30-10(24)4-2)29-9-6-5-7-12(16,17)15(21,22)31(26,27)28/h3-4H,1-2,5-9H2,(H,23,25)(H,26,27,28). The zero-order valence-electron chi connectivity index (χ0n) is 15.6. The van der Waals surface area contributed by atoms with Gasteiger partial charge < -0.3 is 14.8 Å². The molecular weight excluding hydrogens is 471 g/mol. The molecule has 0 fully saturated rings. The molecule has 0 aromatic carbocycles. The molecule has 1 amide bonds. The third-order valence-corrected chi connectivity index (χ3v) is 4.38. The van der Waals surface area contributed by atoms with Crippen molar-refractivity contribution < 1.29 is 62.8 Å². The summed E-state index contributed by atoms with van der Waals surface area (Å²) in [5.41, 5.74) is 0. The van der Waals surface area contributed by atoms with E-state index in [9.17, 15) is 48.7 Å². The number of rotatable bonds is 13. The van der Waals surface area contributed by atoms with Gasteiger partial charge >= 0.3 is 45.1 Å². The summed E-state index contributed by atoms with van der Waals surface area (Å²) in [5.74, 6) is -13.2. The molecule has 1 unspecified atom stereocenters. The molecule has 0 aliphatic heterocycles. The maximum Gasteiger partial charge on any atom is 0.466 e. The number of esters is 1. The predicted octanol–water partition coefficient (Wildman–Crippen LogP) is 2.58. The van der Waals surface area contributed by atoms with Gasteiger partial charge in [0.15, 0.2) is 0 Å². The van der Waals surface area contributed by atoms with Gasteiger partial charge in [0, 0.05) is 19.0 Å². The van der Waals surface area contributed by atoms with Crippen molar-refractivity contribution in [3.63, 3.8) is 0 Å². The van der Waals surface area contributed by atoms with Crippen molar-refractivity contribution in [2.45, 2.75) is 42.4 Å². The van der Waals surface area contributed by atoms with Crippen LogP contribution in [0.2, 0.25) is 0 Å². The van der Waals surface area contributed by atoms with Crippen LogP contribution >= 0.6 is 0 Å². The van der Waals surface area contributed by atoms with Crippen molar-refractivity contribution in [2.75, 3.05) is 13.2 Å². The van der Waals surface area contributed by atoms with Gasteiger partial charge in [-0.2, -0.15) is 39.2 Å². The van der Waals surface area contributed by atoms with Crippen LogP contribution in [0.15, 0.2) is 25.3 Å². The predicted molar refractivity (Wildman–Crippen MR) is 89.5 cm³/mol. The zero-order chi connectivity index (χ0) is 24.7. The van der Waals surface area contributed by atoms with Gasteiger partial charge in [-0.05, 0) is 12.8 Å². The first-order valence-corrected chi connectivity index (χ1v) is 9.51. The minimum atomic E-state index is -6.47. The molecule has 0 saturated carbocycles. The highest BCUT2D eigenvalue weighted by Gasteiger charge is 2.66. The van der Waals surface area contributed by atoms with Gasteiger partial charge in [-0.1, -0.05) is 12.7 Å². The van der Waals surface area contributed by atoms with Crippen molar-refractivity contribution in [3.8, 4) is 0 Å². The van der Waals surface area contributed by atoms with E-state index in [2.05, 4.69) is 22.6 Å². The molecule has 1 atom stereocenters. The molecule has 0 aliphatic rings. The number of unbranched alkanes of at least 4 members (excludes halogenated alkanes) is 1. The van der Waals surface area contributed by atoms with E-state index < -0.39 is 77.5 Å². The van der Waals surface area contributed by atoms with Crippen molar-refractivity contribution in [1.29, 1.82) is 0 Å². The Hall–Kier alpha value is -2.20. The SMILES string of the molecule is C=CCNC(=O)C(OCCCCC(F)(F)C(F)(F)S(=O)(=O)O)(OC(=O)C=C)C(F)(F)F. The maximum atomic E-state index is 13.5. The number of carbonyl (C=O) groups is 2. The molecule has 8 nitrogen and oxygen atoms in total. The number of hydrogen-bond acceptors (Lipinski definition) is 6. The van der Waals surface area contributed by atoms with Crippen LogP contribution < -0.4 is 5.32 Å². The molecule has 0 aromatic heterocycles. The third-order valence-electron chi connectivity index (χ3n) is 3.43. The van der Waals surface area contributed by atoms with Crippen molar-refractivity contribution >= 4 is 22.0 Å². The normalized spacial score (nSPS) is 15.0. The first-order valence-electron chi connectivity index (χ1n) is 8.07. The number of ether oxygens (including phenoxy) is 2. The van der Waals surface area contributed by atoms with Gasteiger partial charge in [0.1, 0.15) is 0 Å². The molecule has 180 valence electrons. The lowest BCUT2D eigenvalue weighted by Crippen LogP contribution is -2.61. The summed E-state index contributed by atoms with van der Waals surface area (Å²) in [5, 5.41) is -4.16. The zero-order valence-corrected chi connectivity index (χ0v) is 16.4. The van der Waals surface area contributed by atoms with Gasteiger partial charge in [0.05, 0.1) is 6.61 Å². The fraction of sp³-hybridized carbons (Fsp3) is 0.600. The van der Waals surface area contributed by atoms with Crippen LogP contribution in [0.5, 0.6) is 0 Å². The van der Waals surface area contributed by atoms with Crippen LogP contribution in [-0.4, -0.2) is 61.1 Å². The summed E-state index contributed by atoms with van der Waals surface area (Å²) in [7, 11) is -6.47. The van der Waals surface area contributed by atoms with Gasteiger partial charge in [0.2, 0.25) is 0 Å². The van der Waals surface area contributed by atoms with Crippen LogP contribution in [0.3, 0.4) is 0 Å². The van der Waals surface area contributed by atoms with E-state index in [0.717, 1.165) is 6.08 Å². The molecule has 0 rings (SSSR count). The lowest BCUT2D eigenvalue weighted by molar-refractivity contribution is -0.346. The Morgan fingerprint density at radius 1 is 1.03 bits per heavy atom. The molecule has 0 radical (unpaired) electrons. The molecule has 0 aliphatic carbocycles. The molecule has 0 bridgehead atoms. The molecule has 16 heteroatoms. The fourth-order valence-corrected chi connectivity index (χ4v) is 2.35. The number of carbonyl (C=O) groups excluding carboxylic acids is 2. The molecule has 0 spiro atoms. The van der Waals surface area contributed by atoms with E-state index in [1.807, 2.05) is 0 Å². The quantitative estimate of drug-likeness (QED) is 0.0777. The summed E-state index contributed by atoms with van der Waals surface area (Å²) in [4.78, 5) is 23.3. The third kappa shape index (κ3) is 6.90. The highest BCUT2D eigenvalue weighted by molar-refractivity contribution is 7.87. The van der Waals surface area contributed by atoms with E-state index in [0.29, 0.717) is 0 Å². The summed E-state index contributed by atoms with van der Waals surface area (Å²) < 4.78 is 131. The van der Waals surface area contributed by atoms with E-state index >= 15 is 0 Å². The second kappa shape index (κ2) is 10.4. The molecular formula is C15H18F7NO7S. The van der Waals surface area contributed by atoms with Crippen molar-refractivity contribution in [1.82, 2.24) is 5.32 Å². The largest absolute Gasteiger partial charge is 0.466 e. The fourth-order valence-electron chi connectivity index (χ4n) is 1.87. The Morgan fingerprint density at radius 3 is 2.00 bits per heavy atom. The Kier molecular flexibility index (Phi) is 9.67. The van der Waals surface area contributed by atoms with E-state index in [4.69, 9.17) is 4.55 Å². The first kappa shape index (κ1) is 28.8. The average Bonchev–Trinajstić information content (AvgIpc) is 2.62. The number of halogens is 7. The number of alkyl halides is 7. The van der Waals surface area contributed by atoms with Crippen LogP contribution in [0.1, 0.15) is 19.3 Å². The van der Waals surface area contributed by atoms with Crippen LogP contribution in [-0.2, 0) is 29.2 Å². The molecule has 31 heavy (non-hydrogen) atoms. The first-order chi connectivity index (χ1) is 13.9. The smallest absolute Gasteiger partial charge is 0.412 e. The second-order valence-electron chi connectivity index (χ2n) is 5.74. The Bertz CT molecular complexity index is 783. The summed E-state index contributed by atoms with van der Waals surface area (Å²) in [6, 6.07) is 0. The second-order valence-corrected chi connectivity index (χ2v) is 7.20. The van der Waals surface area contributed by atoms with Gasteiger partial charge in [-0.25, -0.2) is 4.79 Å². The number of amides is 1. The Morgan fingerprint density at radius 2 is 1.58 bits per heavy atom. The lowest BCUT2D eigenvalue weighted by atomic mass is 10.1. The van der Waals surface area contributed by atoms with Gasteiger partial charge in [-0.15, -0.1) is 6.58 Å². The highest BCUT2D eigenvalue weighted by atomic mass is 32.2. The number of nitrogens with one attached hydrogen (secondary N) is 1. The summed E-state index contributed by atoms with van der Waals surface area (Å²) in [6.07, 6.45) is -8.16. The molecule has 0 saturated heterocycles. The molecule has 0 heterocycles. The summed E-state index contributed by atoms with van der Waals surface area (Å²) in [6.45, 7) is 4.28. The summed E-state index contributed by atoms with van der Waals surface area (Å²) >= 11 is 0. The average molecular weight is 489 g/mol. The van der Waals surface area contributed by atoms with Crippen molar-refractivity contribution in [3.05, 3.63) is 25.3 Å². The Balaban J connectivity index is 5.41. The molecule has 2 N–H and O–H groups in total. The molecule has 0 aromatic rings. The van der Waals surface area contributed by atoms with Crippen LogP contribution in [0.25, 0.3) is 0 Å². The van der Waals surface area contributed by atoms with E-state index in [1.54, 1.807) is 5.32 Å². The van der Waals surface area contributed by atoms with E-state index in [1.165, 1.54) is 0 Å². The topological polar surface area (TPSA) is 119 Å². The monoisotopic (exact) mass is 489 g/mol. The minimum Gasteiger partial charge on any atom is -0.412 e.